The van der Waals surface area contributed by atoms with Crippen LogP contribution < -0.4 is 4.90 Å². The van der Waals surface area contributed by atoms with Crippen LogP contribution in [0.4, 0.5) is 5.82 Å². The molecule has 2 aromatic rings. The third-order valence-electron chi connectivity index (χ3n) is 4.38. The average Bonchev–Trinajstić information content (AvgIpc) is 2.99. The number of nitrogens with zero attached hydrogens (tertiary/aromatic N) is 5. The van der Waals surface area contributed by atoms with Crippen molar-refractivity contribution < 1.29 is 4.52 Å². The average molecular weight is 301 g/mol. The third-order valence-corrected chi connectivity index (χ3v) is 4.38. The molecule has 118 valence electrons. The van der Waals surface area contributed by atoms with Gasteiger partial charge < -0.3 is 14.3 Å². The number of likely N-dealkylation sites (tertiary alicyclic amines) is 1. The maximum absolute atomic E-state index is 5.27. The highest BCUT2D eigenvalue weighted by Gasteiger charge is 2.23. The molecule has 3 rings (SSSR count). The van der Waals surface area contributed by atoms with Gasteiger partial charge in [-0.2, -0.15) is 0 Å². The lowest BCUT2D eigenvalue weighted by Gasteiger charge is -2.37. The molecule has 1 fully saturated rings. The van der Waals surface area contributed by atoms with Crippen LogP contribution in [0.5, 0.6) is 0 Å². The predicted octanol–water partition coefficient (Wildman–Crippen LogP) is 1.92. The Kier molecular flexibility index (Phi) is 4.68. The Labute approximate surface area is 131 Å². The molecule has 1 aliphatic rings. The smallest absolute Gasteiger partial charge is 0.138 e. The van der Waals surface area contributed by atoms with Gasteiger partial charge in [-0.25, -0.2) is 9.97 Å². The van der Waals surface area contributed by atoms with E-state index in [2.05, 4.69) is 32.0 Å². The first-order chi connectivity index (χ1) is 10.7. The Morgan fingerprint density at radius 1 is 1.36 bits per heavy atom. The second-order valence-corrected chi connectivity index (χ2v) is 5.94. The molecule has 1 saturated heterocycles. The SMILES string of the molecule is Cc1cc(CCN2CCC(N(C)c3ccncn3)CC2)on1. The summed E-state index contributed by atoms with van der Waals surface area (Å²) in [6, 6.07) is 4.55. The zero-order valence-electron chi connectivity index (χ0n) is 13.3. The second-order valence-electron chi connectivity index (χ2n) is 5.94. The number of hydrogen-bond donors (Lipinski definition) is 0. The Bertz CT molecular complexity index is 577. The van der Waals surface area contributed by atoms with Gasteiger partial charge in [0, 0.05) is 51.4 Å². The molecule has 0 unspecified atom stereocenters. The summed E-state index contributed by atoms with van der Waals surface area (Å²) in [5.74, 6) is 1.99. The van der Waals surface area contributed by atoms with Gasteiger partial charge in [0.05, 0.1) is 5.69 Å². The van der Waals surface area contributed by atoms with Crippen molar-refractivity contribution in [1.82, 2.24) is 20.0 Å². The summed E-state index contributed by atoms with van der Waals surface area (Å²) in [6.07, 6.45) is 6.67. The van der Waals surface area contributed by atoms with E-state index < -0.39 is 0 Å². The van der Waals surface area contributed by atoms with Crippen LogP contribution in [0.3, 0.4) is 0 Å². The first-order valence-electron chi connectivity index (χ1n) is 7.86. The fourth-order valence-corrected chi connectivity index (χ4v) is 3.01. The van der Waals surface area contributed by atoms with E-state index in [9.17, 15) is 0 Å². The molecule has 2 aromatic heterocycles. The van der Waals surface area contributed by atoms with Crippen LogP contribution in [0, 0.1) is 6.92 Å². The van der Waals surface area contributed by atoms with E-state index in [-0.39, 0.29) is 0 Å². The zero-order valence-corrected chi connectivity index (χ0v) is 13.3. The van der Waals surface area contributed by atoms with Gasteiger partial charge in [-0.05, 0) is 25.8 Å². The van der Waals surface area contributed by atoms with Gasteiger partial charge in [0.2, 0.25) is 0 Å². The van der Waals surface area contributed by atoms with Crippen molar-refractivity contribution in [1.29, 1.82) is 0 Å². The summed E-state index contributed by atoms with van der Waals surface area (Å²) in [5.41, 5.74) is 0.959. The van der Waals surface area contributed by atoms with E-state index in [0.29, 0.717) is 6.04 Å². The minimum atomic E-state index is 0.554. The van der Waals surface area contributed by atoms with Crippen molar-refractivity contribution in [2.45, 2.75) is 32.2 Å². The quantitative estimate of drug-likeness (QED) is 0.841. The molecule has 0 radical (unpaired) electrons. The van der Waals surface area contributed by atoms with Crippen LogP contribution in [0.2, 0.25) is 0 Å². The number of aromatic nitrogens is 3. The monoisotopic (exact) mass is 301 g/mol. The van der Waals surface area contributed by atoms with E-state index in [1.165, 1.54) is 0 Å². The number of rotatable bonds is 5. The highest BCUT2D eigenvalue weighted by molar-refractivity contribution is 5.36. The van der Waals surface area contributed by atoms with Crippen molar-refractivity contribution in [3.8, 4) is 0 Å². The molecular weight excluding hydrogens is 278 g/mol. The Morgan fingerprint density at radius 2 is 2.18 bits per heavy atom. The normalized spacial score (nSPS) is 16.8. The molecule has 0 aliphatic carbocycles. The third kappa shape index (κ3) is 3.62. The molecule has 6 nitrogen and oxygen atoms in total. The van der Waals surface area contributed by atoms with Gasteiger partial charge in [-0.15, -0.1) is 0 Å². The minimum absolute atomic E-state index is 0.554. The van der Waals surface area contributed by atoms with Gasteiger partial charge >= 0.3 is 0 Å². The fourth-order valence-electron chi connectivity index (χ4n) is 3.01. The molecule has 0 aromatic carbocycles. The van der Waals surface area contributed by atoms with E-state index in [0.717, 1.165) is 56.2 Å². The molecule has 0 saturated carbocycles. The lowest BCUT2D eigenvalue weighted by molar-refractivity contribution is 0.207. The van der Waals surface area contributed by atoms with Crippen LogP contribution in [0.15, 0.2) is 29.2 Å². The number of piperidine rings is 1. The van der Waals surface area contributed by atoms with Crippen LogP contribution in [0.25, 0.3) is 0 Å². The molecule has 0 amide bonds. The Hall–Kier alpha value is -1.95. The number of hydrogen-bond acceptors (Lipinski definition) is 6. The van der Waals surface area contributed by atoms with Crippen LogP contribution in [0.1, 0.15) is 24.3 Å². The van der Waals surface area contributed by atoms with E-state index in [4.69, 9.17) is 4.52 Å². The Morgan fingerprint density at radius 3 is 2.82 bits per heavy atom. The van der Waals surface area contributed by atoms with Gasteiger partial charge in [-0.1, -0.05) is 5.16 Å². The zero-order chi connectivity index (χ0) is 15.4. The minimum Gasteiger partial charge on any atom is -0.361 e. The van der Waals surface area contributed by atoms with Crippen molar-refractivity contribution in [3.63, 3.8) is 0 Å². The summed E-state index contributed by atoms with van der Waals surface area (Å²) in [4.78, 5) is 13.1. The summed E-state index contributed by atoms with van der Waals surface area (Å²) < 4.78 is 5.27. The van der Waals surface area contributed by atoms with E-state index in [1.54, 1.807) is 12.5 Å². The molecule has 0 atom stereocenters. The van der Waals surface area contributed by atoms with Gasteiger partial charge in [0.25, 0.3) is 0 Å². The van der Waals surface area contributed by atoms with Crippen molar-refractivity contribution in [2.75, 3.05) is 31.6 Å². The van der Waals surface area contributed by atoms with Crippen LogP contribution in [-0.2, 0) is 6.42 Å². The standard InChI is InChI=1S/C16H23N5O/c1-13-11-15(22-19-13)6-10-21-8-4-14(5-9-21)20(2)16-3-7-17-12-18-16/h3,7,11-12,14H,4-6,8-10H2,1-2H3. The maximum atomic E-state index is 5.27. The summed E-state index contributed by atoms with van der Waals surface area (Å²) >= 11 is 0. The topological polar surface area (TPSA) is 58.3 Å². The highest BCUT2D eigenvalue weighted by Crippen LogP contribution is 2.20. The fraction of sp³-hybridized carbons (Fsp3) is 0.562. The summed E-state index contributed by atoms with van der Waals surface area (Å²) in [7, 11) is 2.12. The summed E-state index contributed by atoms with van der Waals surface area (Å²) in [5, 5.41) is 3.94. The van der Waals surface area contributed by atoms with Crippen molar-refractivity contribution in [2.24, 2.45) is 0 Å². The first-order valence-corrected chi connectivity index (χ1v) is 7.86. The second kappa shape index (κ2) is 6.87. The lowest BCUT2D eigenvalue weighted by Crippen LogP contribution is -2.44. The first kappa shape index (κ1) is 15.0. The largest absolute Gasteiger partial charge is 0.361 e. The van der Waals surface area contributed by atoms with Gasteiger partial charge in [0.15, 0.2) is 0 Å². The molecular formula is C16H23N5O. The molecule has 22 heavy (non-hydrogen) atoms. The van der Waals surface area contributed by atoms with E-state index >= 15 is 0 Å². The molecule has 3 heterocycles. The molecule has 0 N–H and O–H groups in total. The van der Waals surface area contributed by atoms with Gasteiger partial charge in [0.1, 0.15) is 17.9 Å². The molecule has 6 heteroatoms. The van der Waals surface area contributed by atoms with Crippen LogP contribution in [-0.4, -0.2) is 52.7 Å². The maximum Gasteiger partial charge on any atom is 0.138 e. The number of aryl methyl sites for hydroxylation is 1. The van der Waals surface area contributed by atoms with Gasteiger partial charge in [-0.3, -0.25) is 0 Å². The van der Waals surface area contributed by atoms with Crippen LogP contribution >= 0.6 is 0 Å². The summed E-state index contributed by atoms with van der Waals surface area (Å²) in [6.45, 7) is 5.24. The molecule has 0 bridgehead atoms. The lowest BCUT2D eigenvalue weighted by atomic mass is 10.0. The van der Waals surface area contributed by atoms with Crippen molar-refractivity contribution >= 4 is 5.82 Å². The van der Waals surface area contributed by atoms with E-state index in [1.807, 2.05) is 19.1 Å². The van der Waals surface area contributed by atoms with Crippen molar-refractivity contribution in [3.05, 3.63) is 36.1 Å². The highest BCUT2D eigenvalue weighted by atomic mass is 16.5. The number of anilines is 1. The molecule has 1 aliphatic heterocycles. The molecule has 0 spiro atoms. The Balaban J connectivity index is 1.46. The predicted molar refractivity (Wildman–Crippen MR) is 84.8 cm³/mol.